The van der Waals surface area contributed by atoms with Crippen molar-refractivity contribution >= 4 is 12.0 Å². The van der Waals surface area contributed by atoms with Gasteiger partial charge in [0, 0.05) is 6.54 Å². The average Bonchev–Trinajstić information content (AvgIpc) is 2.25. The summed E-state index contributed by atoms with van der Waals surface area (Å²) in [6.45, 7) is -0.00563. The van der Waals surface area contributed by atoms with Gasteiger partial charge in [0.05, 0.1) is 19.1 Å². The van der Waals surface area contributed by atoms with Crippen molar-refractivity contribution in [1.82, 2.24) is 10.6 Å². The van der Waals surface area contributed by atoms with Crippen LogP contribution in [0.1, 0.15) is 19.8 Å². The van der Waals surface area contributed by atoms with Crippen molar-refractivity contribution in [2.45, 2.75) is 32.0 Å². The molecular formula is C10H17F3N2O4. The van der Waals surface area contributed by atoms with E-state index in [1.54, 1.807) is 6.92 Å². The maximum Gasteiger partial charge on any atom is 0.411 e. The number of carbonyl (C=O) groups is 2. The summed E-state index contributed by atoms with van der Waals surface area (Å²) in [4.78, 5) is 21.5. The molecule has 0 fully saturated rings. The number of carboxylic acids is 1. The first-order valence-corrected chi connectivity index (χ1v) is 5.65. The van der Waals surface area contributed by atoms with Crippen LogP contribution in [0.5, 0.6) is 0 Å². The Balaban J connectivity index is 3.85. The topological polar surface area (TPSA) is 87.7 Å². The minimum absolute atomic E-state index is 0.0546. The van der Waals surface area contributed by atoms with Gasteiger partial charge in [-0.05, 0) is 6.42 Å². The molecule has 0 saturated heterocycles. The number of alkyl halides is 3. The smallest absolute Gasteiger partial charge is 0.411 e. The highest BCUT2D eigenvalue weighted by Crippen LogP contribution is 2.14. The number of nitrogens with one attached hydrogen (secondary N) is 2. The van der Waals surface area contributed by atoms with E-state index in [2.05, 4.69) is 15.4 Å². The number of carboxylic acid groups (broad SMARTS) is 1. The number of urea groups is 1. The third kappa shape index (κ3) is 11.3. The van der Waals surface area contributed by atoms with Crippen molar-refractivity contribution < 1.29 is 32.6 Å². The van der Waals surface area contributed by atoms with Crippen LogP contribution in [-0.2, 0) is 9.53 Å². The third-order valence-corrected chi connectivity index (χ3v) is 2.04. The van der Waals surface area contributed by atoms with Crippen molar-refractivity contribution in [2.24, 2.45) is 0 Å². The highest BCUT2D eigenvalue weighted by molar-refractivity contribution is 5.75. The van der Waals surface area contributed by atoms with Crippen LogP contribution in [0.2, 0.25) is 0 Å². The summed E-state index contributed by atoms with van der Waals surface area (Å²) in [7, 11) is 0. The predicted molar refractivity (Wildman–Crippen MR) is 59.7 cm³/mol. The van der Waals surface area contributed by atoms with Gasteiger partial charge >= 0.3 is 18.2 Å². The predicted octanol–water partition coefficient (Wildman–Crippen LogP) is 1.12. The normalized spacial score (nSPS) is 12.8. The molecule has 0 aromatic carbocycles. The van der Waals surface area contributed by atoms with E-state index in [0.29, 0.717) is 6.42 Å². The Bertz CT molecular complexity index is 297. The lowest BCUT2D eigenvalue weighted by Gasteiger charge is -2.18. The van der Waals surface area contributed by atoms with E-state index in [-0.39, 0.29) is 19.6 Å². The molecule has 9 heteroatoms. The summed E-state index contributed by atoms with van der Waals surface area (Å²) in [5.41, 5.74) is 0. The fraction of sp³-hybridized carbons (Fsp3) is 0.800. The van der Waals surface area contributed by atoms with Crippen molar-refractivity contribution in [2.75, 3.05) is 19.8 Å². The number of halogens is 3. The van der Waals surface area contributed by atoms with Gasteiger partial charge in [-0.15, -0.1) is 0 Å². The van der Waals surface area contributed by atoms with Gasteiger partial charge in [-0.2, -0.15) is 13.2 Å². The molecule has 0 saturated carbocycles. The maximum absolute atomic E-state index is 11.8. The largest absolute Gasteiger partial charge is 0.481 e. The van der Waals surface area contributed by atoms with Crippen LogP contribution in [0.25, 0.3) is 0 Å². The maximum atomic E-state index is 11.8. The molecular weight excluding hydrogens is 269 g/mol. The quantitative estimate of drug-likeness (QED) is 0.624. The van der Waals surface area contributed by atoms with E-state index < -0.39 is 30.8 Å². The molecule has 0 heterocycles. The molecule has 0 aromatic heterocycles. The van der Waals surface area contributed by atoms with Gasteiger partial charge in [0.2, 0.25) is 0 Å². The number of hydrogen-bond donors (Lipinski definition) is 3. The zero-order valence-corrected chi connectivity index (χ0v) is 10.4. The standard InChI is InChI=1S/C10H17F3N2O4/c1-2-7(5-19-6-10(11,12)13)15-9(18)14-4-3-8(16)17/h7H,2-6H2,1H3,(H,16,17)(H2,14,15,18). The number of aliphatic carboxylic acids is 1. The number of rotatable bonds is 8. The second-order valence-corrected chi connectivity index (χ2v) is 3.78. The molecule has 2 amide bonds. The molecule has 1 atom stereocenters. The van der Waals surface area contributed by atoms with Crippen molar-refractivity contribution in [1.29, 1.82) is 0 Å². The molecule has 0 aliphatic rings. The van der Waals surface area contributed by atoms with E-state index in [4.69, 9.17) is 5.11 Å². The Morgan fingerprint density at radius 1 is 1.37 bits per heavy atom. The number of hydrogen-bond acceptors (Lipinski definition) is 3. The number of ether oxygens (including phenoxy) is 1. The molecule has 0 aliphatic heterocycles. The number of amides is 2. The molecule has 19 heavy (non-hydrogen) atoms. The molecule has 1 unspecified atom stereocenters. The summed E-state index contributed by atoms with van der Waals surface area (Å²) in [6, 6.07) is -1.20. The molecule has 3 N–H and O–H groups in total. The highest BCUT2D eigenvalue weighted by Gasteiger charge is 2.27. The van der Waals surface area contributed by atoms with Crippen LogP contribution in [-0.4, -0.2) is 49.1 Å². The zero-order valence-electron chi connectivity index (χ0n) is 10.4. The van der Waals surface area contributed by atoms with E-state index in [1.807, 2.05) is 0 Å². The second kappa shape index (κ2) is 8.57. The van der Waals surface area contributed by atoms with E-state index in [1.165, 1.54) is 0 Å². The summed E-state index contributed by atoms with van der Waals surface area (Å²) in [5, 5.41) is 13.0. The molecule has 0 spiro atoms. The van der Waals surface area contributed by atoms with Gasteiger partial charge in [0.15, 0.2) is 0 Å². The Morgan fingerprint density at radius 3 is 2.47 bits per heavy atom. The Morgan fingerprint density at radius 2 is 2.00 bits per heavy atom. The summed E-state index contributed by atoms with van der Waals surface area (Å²) in [5.74, 6) is -1.05. The highest BCUT2D eigenvalue weighted by atomic mass is 19.4. The van der Waals surface area contributed by atoms with Crippen LogP contribution in [0, 0.1) is 0 Å². The molecule has 0 aliphatic carbocycles. The van der Waals surface area contributed by atoms with Gasteiger partial charge in [-0.1, -0.05) is 6.92 Å². The minimum atomic E-state index is -4.40. The lowest BCUT2D eigenvalue weighted by atomic mass is 10.2. The number of carbonyl (C=O) groups excluding carboxylic acids is 1. The first kappa shape index (κ1) is 17.5. The van der Waals surface area contributed by atoms with E-state index in [9.17, 15) is 22.8 Å². The fourth-order valence-electron chi connectivity index (χ4n) is 1.10. The molecule has 0 aromatic rings. The van der Waals surface area contributed by atoms with Crippen LogP contribution in [0.3, 0.4) is 0 Å². The van der Waals surface area contributed by atoms with Crippen molar-refractivity contribution in [3.05, 3.63) is 0 Å². The summed E-state index contributed by atoms with van der Waals surface area (Å²) >= 11 is 0. The van der Waals surface area contributed by atoms with Crippen LogP contribution in [0.4, 0.5) is 18.0 Å². The molecule has 0 rings (SSSR count). The lowest BCUT2D eigenvalue weighted by Crippen LogP contribution is -2.44. The monoisotopic (exact) mass is 286 g/mol. The first-order valence-electron chi connectivity index (χ1n) is 5.65. The SMILES string of the molecule is CCC(COCC(F)(F)F)NC(=O)NCCC(=O)O. The zero-order chi connectivity index (χ0) is 14.9. The second-order valence-electron chi connectivity index (χ2n) is 3.78. The molecule has 0 radical (unpaired) electrons. The average molecular weight is 286 g/mol. The third-order valence-electron chi connectivity index (χ3n) is 2.04. The minimum Gasteiger partial charge on any atom is -0.481 e. The van der Waals surface area contributed by atoms with Crippen LogP contribution >= 0.6 is 0 Å². The Hall–Kier alpha value is -1.51. The first-order chi connectivity index (χ1) is 8.74. The van der Waals surface area contributed by atoms with Crippen LogP contribution < -0.4 is 10.6 Å². The molecule has 112 valence electrons. The molecule has 0 bridgehead atoms. The van der Waals surface area contributed by atoms with E-state index in [0.717, 1.165) is 0 Å². The van der Waals surface area contributed by atoms with Gasteiger partial charge in [-0.25, -0.2) is 4.79 Å². The van der Waals surface area contributed by atoms with Crippen molar-refractivity contribution in [3.8, 4) is 0 Å². The Labute approximate surface area is 108 Å². The lowest BCUT2D eigenvalue weighted by molar-refractivity contribution is -0.175. The van der Waals surface area contributed by atoms with Crippen molar-refractivity contribution in [3.63, 3.8) is 0 Å². The summed E-state index contributed by atoms with van der Waals surface area (Å²) < 4.78 is 39.9. The Kier molecular flexibility index (Phi) is 7.89. The van der Waals surface area contributed by atoms with E-state index >= 15 is 0 Å². The van der Waals surface area contributed by atoms with Gasteiger partial charge in [-0.3, -0.25) is 4.79 Å². The van der Waals surface area contributed by atoms with Gasteiger partial charge < -0.3 is 20.5 Å². The van der Waals surface area contributed by atoms with Gasteiger partial charge in [0.1, 0.15) is 6.61 Å². The fourth-order valence-corrected chi connectivity index (χ4v) is 1.10. The van der Waals surface area contributed by atoms with Gasteiger partial charge in [0.25, 0.3) is 0 Å². The van der Waals surface area contributed by atoms with Crippen LogP contribution in [0.15, 0.2) is 0 Å². The summed E-state index contributed by atoms with van der Waals surface area (Å²) in [6.07, 6.45) is -4.24. The molecule has 6 nitrogen and oxygen atoms in total.